The Morgan fingerprint density at radius 1 is 1.14 bits per heavy atom. The summed E-state index contributed by atoms with van der Waals surface area (Å²) in [6.45, 7) is 0.250. The fourth-order valence-electron chi connectivity index (χ4n) is 1.72. The maximum Gasteiger partial charge on any atom is 0.416 e. The molecule has 1 aliphatic rings. The fourth-order valence-corrected chi connectivity index (χ4v) is 2.18. The molecule has 0 aliphatic heterocycles. The van der Waals surface area contributed by atoms with Crippen molar-refractivity contribution in [2.45, 2.75) is 19.0 Å². The minimum Gasteiger partial charge on any atom is -0.493 e. The van der Waals surface area contributed by atoms with Crippen LogP contribution in [-0.2, 0) is 20.5 Å². The van der Waals surface area contributed by atoms with Crippen molar-refractivity contribution in [1.82, 2.24) is 0 Å². The lowest BCUT2D eigenvalue weighted by Crippen LogP contribution is -2.21. The summed E-state index contributed by atoms with van der Waals surface area (Å²) in [5, 5.41) is 0. The molecule has 0 atom stereocenters. The number of hydrogen-bond donors (Lipinski definition) is 0. The molecule has 118 valence electrons. The minimum absolute atomic E-state index is 0.0342. The third-order valence-corrected chi connectivity index (χ3v) is 3.81. The van der Waals surface area contributed by atoms with Crippen molar-refractivity contribution in [2.24, 2.45) is 5.41 Å². The van der Waals surface area contributed by atoms with Crippen LogP contribution in [-0.4, -0.2) is 27.9 Å². The zero-order chi connectivity index (χ0) is 15.7. The molecule has 0 unspecified atom stereocenters. The molecule has 2 rings (SSSR count). The van der Waals surface area contributed by atoms with Crippen LogP contribution in [0.1, 0.15) is 18.4 Å². The first-order valence-electron chi connectivity index (χ1n) is 6.24. The molecule has 1 fully saturated rings. The molecule has 0 bridgehead atoms. The molecular formula is C13H15F3O4S. The van der Waals surface area contributed by atoms with Crippen molar-refractivity contribution in [3.63, 3.8) is 0 Å². The number of halogens is 3. The SMILES string of the molecule is CS(=O)(=O)OCC1(COc2ccc(C(F)(F)F)cc2)CC1. The first kappa shape index (κ1) is 16.1. The predicted octanol–water partition coefficient (Wildman–Crippen LogP) is 2.84. The minimum atomic E-state index is -4.38. The average Bonchev–Trinajstić information content (AvgIpc) is 3.14. The summed E-state index contributed by atoms with van der Waals surface area (Å²) in [4.78, 5) is 0. The highest BCUT2D eigenvalue weighted by molar-refractivity contribution is 7.85. The molecule has 1 aliphatic carbocycles. The highest BCUT2D eigenvalue weighted by Crippen LogP contribution is 2.46. The Balaban J connectivity index is 1.88. The molecule has 1 aromatic rings. The van der Waals surface area contributed by atoms with E-state index >= 15 is 0 Å². The van der Waals surface area contributed by atoms with Crippen LogP contribution in [0.5, 0.6) is 5.75 Å². The van der Waals surface area contributed by atoms with Gasteiger partial charge in [0.25, 0.3) is 10.1 Å². The number of ether oxygens (including phenoxy) is 1. The van der Waals surface area contributed by atoms with E-state index in [2.05, 4.69) is 0 Å². The van der Waals surface area contributed by atoms with Gasteiger partial charge in [-0.2, -0.15) is 21.6 Å². The normalized spacial score (nSPS) is 17.5. The van der Waals surface area contributed by atoms with E-state index in [1.54, 1.807) is 0 Å². The van der Waals surface area contributed by atoms with E-state index < -0.39 is 21.9 Å². The highest BCUT2D eigenvalue weighted by Gasteiger charge is 2.45. The quantitative estimate of drug-likeness (QED) is 0.755. The van der Waals surface area contributed by atoms with E-state index in [-0.39, 0.29) is 18.6 Å². The topological polar surface area (TPSA) is 52.6 Å². The smallest absolute Gasteiger partial charge is 0.416 e. The standard InChI is InChI=1S/C13H15F3O4S/c1-21(17,18)20-9-12(6-7-12)8-19-11-4-2-10(3-5-11)13(14,15)16/h2-5H,6-9H2,1H3. The molecular weight excluding hydrogens is 309 g/mol. The maximum absolute atomic E-state index is 12.4. The fraction of sp³-hybridized carbons (Fsp3) is 0.538. The molecule has 0 heterocycles. The van der Waals surface area contributed by atoms with Crippen molar-refractivity contribution >= 4 is 10.1 Å². The van der Waals surface area contributed by atoms with Gasteiger partial charge in [-0.3, -0.25) is 4.18 Å². The second kappa shape index (κ2) is 5.49. The summed E-state index contributed by atoms with van der Waals surface area (Å²) in [6, 6.07) is 4.39. The molecule has 21 heavy (non-hydrogen) atoms. The predicted molar refractivity (Wildman–Crippen MR) is 69.4 cm³/mol. The van der Waals surface area contributed by atoms with Crippen LogP contribution in [0.4, 0.5) is 13.2 Å². The lowest BCUT2D eigenvalue weighted by molar-refractivity contribution is -0.137. The van der Waals surface area contributed by atoms with Crippen LogP contribution in [0.2, 0.25) is 0 Å². The van der Waals surface area contributed by atoms with Gasteiger partial charge in [0.1, 0.15) is 5.75 Å². The van der Waals surface area contributed by atoms with E-state index in [1.807, 2.05) is 0 Å². The van der Waals surface area contributed by atoms with Gasteiger partial charge in [0, 0.05) is 5.41 Å². The van der Waals surface area contributed by atoms with E-state index in [0.29, 0.717) is 5.75 Å². The lowest BCUT2D eigenvalue weighted by atomic mass is 10.1. The summed E-state index contributed by atoms with van der Waals surface area (Å²) in [5.74, 6) is 0.314. The van der Waals surface area contributed by atoms with Crippen molar-refractivity contribution in [3.8, 4) is 5.75 Å². The summed E-state index contributed by atoms with van der Waals surface area (Å²) in [6.07, 6.45) is -1.87. The van der Waals surface area contributed by atoms with Gasteiger partial charge in [-0.25, -0.2) is 0 Å². The zero-order valence-corrected chi connectivity index (χ0v) is 12.1. The Morgan fingerprint density at radius 2 is 1.71 bits per heavy atom. The number of rotatable bonds is 6. The van der Waals surface area contributed by atoms with Crippen molar-refractivity contribution in [1.29, 1.82) is 0 Å². The summed E-state index contributed by atoms with van der Waals surface area (Å²) in [5.41, 5.74) is -1.09. The first-order valence-corrected chi connectivity index (χ1v) is 8.06. The third kappa shape index (κ3) is 4.89. The van der Waals surface area contributed by atoms with Gasteiger partial charge in [0.15, 0.2) is 0 Å². The highest BCUT2D eigenvalue weighted by atomic mass is 32.2. The average molecular weight is 324 g/mol. The van der Waals surface area contributed by atoms with Crippen molar-refractivity contribution < 1.29 is 30.5 Å². The Morgan fingerprint density at radius 3 is 2.14 bits per heavy atom. The zero-order valence-electron chi connectivity index (χ0n) is 11.3. The molecule has 1 aromatic carbocycles. The molecule has 0 aromatic heterocycles. The van der Waals surface area contributed by atoms with Crippen LogP contribution in [0.25, 0.3) is 0 Å². The Labute approximate surface area is 121 Å². The van der Waals surface area contributed by atoms with Crippen molar-refractivity contribution in [3.05, 3.63) is 29.8 Å². The van der Waals surface area contributed by atoms with Crippen LogP contribution in [0.15, 0.2) is 24.3 Å². The molecule has 0 radical (unpaired) electrons. The van der Waals surface area contributed by atoms with Gasteiger partial charge < -0.3 is 4.74 Å². The van der Waals surface area contributed by atoms with E-state index in [4.69, 9.17) is 8.92 Å². The van der Waals surface area contributed by atoms with Crippen LogP contribution >= 0.6 is 0 Å². The number of benzene rings is 1. The number of hydrogen-bond acceptors (Lipinski definition) is 4. The largest absolute Gasteiger partial charge is 0.493 e. The summed E-state index contributed by atoms with van der Waals surface area (Å²) >= 11 is 0. The molecule has 8 heteroatoms. The van der Waals surface area contributed by atoms with E-state index in [1.165, 1.54) is 12.1 Å². The number of alkyl halides is 3. The van der Waals surface area contributed by atoms with Gasteiger partial charge in [-0.05, 0) is 37.1 Å². The first-order chi connectivity index (χ1) is 9.60. The van der Waals surface area contributed by atoms with E-state index in [9.17, 15) is 21.6 Å². The molecule has 4 nitrogen and oxygen atoms in total. The van der Waals surface area contributed by atoms with Gasteiger partial charge in [0.2, 0.25) is 0 Å². The third-order valence-electron chi connectivity index (χ3n) is 3.26. The molecule has 1 saturated carbocycles. The Kier molecular flexibility index (Phi) is 4.21. The molecule has 0 N–H and O–H groups in total. The van der Waals surface area contributed by atoms with Crippen LogP contribution < -0.4 is 4.74 Å². The molecule has 0 amide bonds. The Bertz CT molecular complexity index is 589. The summed E-state index contributed by atoms with van der Waals surface area (Å²) < 4.78 is 69.3. The van der Waals surface area contributed by atoms with Gasteiger partial charge in [-0.15, -0.1) is 0 Å². The van der Waals surface area contributed by atoms with Gasteiger partial charge in [-0.1, -0.05) is 0 Å². The molecule has 0 saturated heterocycles. The van der Waals surface area contributed by atoms with Gasteiger partial charge >= 0.3 is 6.18 Å². The van der Waals surface area contributed by atoms with Crippen molar-refractivity contribution in [2.75, 3.05) is 19.5 Å². The second-order valence-electron chi connectivity index (χ2n) is 5.28. The second-order valence-corrected chi connectivity index (χ2v) is 6.92. The summed E-state index contributed by atoms with van der Waals surface area (Å²) in [7, 11) is -3.50. The van der Waals surface area contributed by atoms with E-state index in [0.717, 1.165) is 31.2 Å². The molecule has 0 spiro atoms. The van der Waals surface area contributed by atoms with Crippen LogP contribution in [0, 0.1) is 5.41 Å². The van der Waals surface area contributed by atoms with Gasteiger partial charge in [0.05, 0.1) is 25.0 Å². The Hall–Kier alpha value is -1.28. The lowest BCUT2D eigenvalue weighted by Gasteiger charge is -2.16. The van der Waals surface area contributed by atoms with Crippen LogP contribution in [0.3, 0.4) is 0 Å². The maximum atomic E-state index is 12.4. The monoisotopic (exact) mass is 324 g/mol.